The minimum absolute atomic E-state index is 0.00612. The van der Waals surface area contributed by atoms with E-state index in [-0.39, 0.29) is 11.4 Å². The summed E-state index contributed by atoms with van der Waals surface area (Å²) in [6.45, 7) is 6.39. The summed E-state index contributed by atoms with van der Waals surface area (Å²) in [6, 6.07) is 21.8. The van der Waals surface area contributed by atoms with Gasteiger partial charge in [0.15, 0.2) is 0 Å². The van der Waals surface area contributed by atoms with Gasteiger partial charge < -0.3 is 20.3 Å². The lowest BCUT2D eigenvalue weighted by Crippen LogP contribution is -2.20. The van der Waals surface area contributed by atoms with Crippen molar-refractivity contribution in [2.45, 2.75) is 26.2 Å². The zero-order valence-corrected chi connectivity index (χ0v) is 18.2. The van der Waals surface area contributed by atoms with Gasteiger partial charge in [0.25, 0.3) is 0 Å². The predicted octanol–water partition coefficient (Wildman–Crippen LogP) is 6.01. The Hall–Kier alpha value is -3.80. The van der Waals surface area contributed by atoms with Gasteiger partial charge in [0.1, 0.15) is 11.5 Å². The average Bonchev–Trinajstić information content (AvgIpc) is 2.74. The molecule has 0 aliphatic heterocycles. The number of hydrogen-bond acceptors (Lipinski definition) is 3. The summed E-state index contributed by atoms with van der Waals surface area (Å²) in [5.41, 5.74) is 3.27. The normalized spacial score (nSPS) is 10.8. The van der Waals surface area contributed by atoms with Crippen LogP contribution in [-0.2, 0) is 10.2 Å². The maximum Gasteiger partial charge on any atom is 0.323 e. The Bertz CT molecular complexity index is 1060. The molecule has 6 nitrogen and oxygen atoms in total. The van der Waals surface area contributed by atoms with E-state index < -0.39 is 0 Å². The van der Waals surface area contributed by atoms with Gasteiger partial charge in [-0.15, -0.1) is 0 Å². The van der Waals surface area contributed by atoms with Gasteiger partial charge in [-0.3, -0.25) is 4.79 Å². The Morgan fingerprint density at radius 1 is 0.871 bits per heavy atom. The van der Waals surface area contributed by atoms with E-state index in [1.807, 2.05) is 36.4 Å². The van der Waals surface area contributed by atoms with E-state index >= 15 is 0 Å². The van der Waals surface area contributed by atoms with E-state index in [2.05, 4.69) is 37.5 Å². The smallest absolute Gasteiger partial charge is 0.323 e. The molecule has 0 heterocycles. The van der Waals surface area contributed by atoms with Gasteiger partial charge in [0, 0.05) is 30.2 Å². The van der Waals surface area contributed by atoms with Crippen molar-refractivity contribution in [3.05, 3.63) is 78.4 Å². The van der Waals surface area contributed by atoms with Crippen molar-refractivity contribution in [3.63, 3.8) is 0 Å². The second-order valence-corrected chi connectivity index (χ2v) is 8.25. The van der Waals surface area contributed by atoms with Crippen molar-refractivity contribution in [2.24, 2.45) is 0 Å². The Kier molecular flexibility index (Phi) is 6.60. The third-order valence-corrected chi connectivity index (χ3v) is 4.72. The number of benzene rings is 3. The van der Waals surface area contributed by atoms with Crippen LogP contribution in [0.3, 0.4) is 0 Å². The van der Waals surface area contributed by atoms with Gasteiger partial charge in [0.05, 0.1) is 0 Å². The van der Waals surface area contributed by atoms with Gasteiger partial charge in [-0.05, 0) is 59.5 Å². The first-order chi connectivity index (χ1) is 14.7. The highest BCUT2D eigenvalue weighted by Crippen LogP contribution is 2.27. The topological polar surface area (TPSA) is 70.7 Å². The summed E-state index contributed by atoms with van der Waals surface area (Å²) in [5, 5.41) is 5.69. The number of nitrogens with one attached hydrogen (secondary N) is 2. The lowest BCUT2D eigenvalue weighted by molar-refractivity contribution is -0.107. The van der Waals surface area contributed by atoms with E-state index in [1.165, 1.54) is 4.90 Å². The Labute approximate surface area is 182 Å². The van der Waals surface area contributed by atoms with Crippen LogP contribution >= 0.6 is 0 Å². The summed E-state index contributed by atoms with van der Waals surface area (Å²) in [6.07, 6.45) is 0.740. The van der Waals surface area contributed by atoms with Crippen molar-refractivity contribution in [2.75, 3.05) is 22.6 Å². The van der Waals surface area contributed by atoms with Crippen LogP contribution in [0.5, 0.6) is 11.5 Å². The summed E-state index contributed by atoms with van der Waals surface area (Å²) in [7, 11) is 1.68. The van der Waals surface area contributed by atoms with Crippen LogP contribution < -0.4 is 20.3 Å². The standard InChI is InChI=1S/C25H27N3O3/c1-25(2,3)18-7-5-8-20(15-18)27-24(30)26-19-11-13-22(14-12-19)31-23-10-6-9-21(16-23)28(4)17-29/h5-17H,1-4H3,(H2,26,27,30). The van der Waals surface area contributed by atoms with Crippen LogP contribution in [0.4, 0.5) is 21.9 Å². The molecule has 31 heavy (non-hydrogen) atoms. The van der Waals surface area contributed by atoms with Crippen molar-refractivity contribution < 1.29 is 14.3 Å². The second kappa shape index (κ2) is 9.34. The molecular weight excluding hydrogens is 390 g/mol. The number of carbonyl (C=O) groups is 2. The lowest BCUT2D eigenvalue weighted by Gasteiger charge is -2.20. The maximum atomic E-state index is 12.4. The quantitative estimate of drug-likeness (QED) is 0.482. The SMILES string of the molecule is CN(C=O)c1cccc(Oc2ccc(NC(=O)Nc3cccc(C(C)(C)C)c3)cc2)c1. The van der Waals surface area contributed by atoms with Gasteiger partial charge in [-0.2, -0.15) is 0 Å². The molecule has 3 aromatic carbocycles. The molecule has 0 aromatic heterocycles. The molecule has 0 bridgehead atoms. The van der Waals surface area contributed by atoms with Crippen molar-refractivity contribution in [1.82, 2.24) is 0 Å². The molecule has 0 atom stereocenters. The lowest BCUT2D eigenvalue weighted by atomic mass is 9.87. The highest BCUT2D eigenvalue weighted by Gasteiger charge is 2.14. The summed E-state index contributed by atoms with van der Waals surface area (Å²) in [5.74, 6) is 1.23. The van der Waals surface area contributed by atoms with E-state index in [4.69, 9.17) is 4.74 Å². The van der Waals surface area contributed by atoms with Crippen LogP contribution in [0.1, 0.15) is 26.3 Å². The average molecular weight is 418 g/mol. The minimum atomic E-state index is -0.315. The van der Waals surface area contributed by atoms with Crippen molar-refractivity contribution in [1.29, 1.82) is 0 Å². The first-order valence-electron chi connectivity index (χ1n) is 9.99. The number of urea groups is 1. The fourth-order valence-electron chi connectivity index (χ4n) is 2.93. The maximum absolute atomic E-state index is 12.4. The number of carbonyl (C=O) groups excluding carboxylic acids is 2. The van der Waals surface area contributed by atoms with Crippen LogP contribution in [0.25, 0.3) is 0 Å². The number of amides is 3. The summed E-state index contributed by atoms with van der Waals surface area (Å²) in [4.78, 5) is 24.8. The molecule has 0 spiro atoms. The zero-order chi connectivity index (χ0) is 22.4. The fourth-order valence-corrected chi connectivity index (χ4v) is 2.93. The molecule has 6 heteroatoms. The first-order valence-corrected chi connectivity index (χ1v) is 9.99. The summed E-state index contributed by atoms with van der Waals surface area (Å²) < 4.78 is 5.84. The monoisotopic (exact) mass is 417 g/mol. The molecule has 0 saturated carbocycles. The molecule has 0 radical (unpaired) electrons. The molecule has 0 aliphatic carbocycles. The molecule has 0 unspecified atom stereocenters. The van der Waals surface area contributed by atoms with Gasteiger partial charge >= 0.3 is 6.03 Å². The third-order valence-electron chi connectivity index (χ3n) is 4.72. The van der Waals surface area contributed by atoms with Crippen LogP contribution in [-0.4, -0.2) is 19.5 Å². The third kappa shape index (κ3) is 6.09. The van der Waals surface area contributed by atoms with Crippen molar-refractivity contribution >= 4 is 29.5 Å². The number of anilines is 3. The molecule has 3 rings (SSSR count). The van der Waals surface area contributed by atoms with Gasteiger partial charge in [-0.25, -0.2) is 4.79 Å². The molecular formula is C25H27N3O3. The number of nitrogens with zero attached hydrogens (tertiary/aromatic N) is 1. The van der Waals surface area contributed by atoms with E-state index in [0.29, 0.717) is 17.2 Å². The van der Waals surface area contributed by atoms with E-state index in [1.54, 1.807) is 37.4 Å². The van der Waals surface area contributed by atoms with Gasteiger partial charge in [0.2, 0.25) is 6.41 Å². The van der Waals surface area contributed by atoms with E-state index in [0.717, 1.165) is 23.3 Å². The molecule has 160 valence electrons. The number of rotatable bonds is 6. The summed E-state index contributed by atoms with van der Waals surface area (Å²) >= 11 is 0. The zero-order valence-electron chi connectivity index (χ0n) is 18.2. The first kappa shape index (κ1) is 21.9. The molecule has 0 saturated heterocycles. The van der Waals surface area contributed by atoms with Crippen LogP contribution in [0, 0.1) is 0 Å². The number of ether oxygens (including phenoxy) is 1. The van der Waals surface area contributed by atoms with E-state index in [9.17, 15) is 9.59 Å². The fraction of sp³-hybridized carbons (Fsp3) is 0.200. The van der Waals surface area contributed by atoms with Crippen molar-refractivity contribution in [3.8, 4) is 11.5 Å². The molecule has 3 amide bonds. The highest BCUT2D eigenvalue weighted by atomic mass is 16.5. The molecule has 2 N–H and O–H groups in total. The number of hydrogen-bond donors (Lipinski definition) is 2. The Balaban J connectivity index is 1.61. The van der Waals surface area contributed by atoms with Crippen LogP contribution in [0.2, 0.25) is 0 Å². The van der Waals surface area contributed by atoms with Gasteiger partial charge in [-0.1, -0.05) is 39.0 Å². The molecule has 0 aliphatic rings. The highest BCUT2D eigenvalue weighted by molar-refractivity contribution is 5.99. The Morgan fingerprint density at radius 2 is 1.55 bits per heavy atom. The largest absolute Gasteiger partial charge is 0.457 e. The second-order valence-electron chi connectivity index (χ2n) is 8.25. The minimum Gasteiger partial charge on any atom is -0.457 e. The Morgan fingerprint density at radius 3 is 2.23 bits per heavy atom. The van der Waals surface area contributed by atoms with Crippen LogP contribution in [0.15, 0.2) is 72.8 Å². The predicted molar refractivity (Wildman–Crippen MR) is 125 cm³/mol. The molecule has 0 fully saturated rings. The molecule has 3 aromatic rings.